The number of rotatable bonds is 7. The molecule has 2 rings (SSSR count). The van der Waals surface area contributed by atoms with E-state index in [-0.39, 0.29) is 35.9 Å². The fourth-order valence-electron chi connectivity index (χ4n) is 3.39. The topological polar surface area (TPSA) is 88.8 Å². The average Bonchev–Trinajstić information content (AvgIpc) is 2.94. The van der Waals surface area contributed by atoms with Crippen molar-refractivity contribution in [1.29, 1.82) is 0 Å². The van der Waals surface area contributed by atoms with Crippen molar-refractivity contribution in [2.45, 2.75) is 65.8 Å². The number of hydrogen-bond acceptors (Lipinski definition) is 5. The van der Waals surface area contributed by atoms with Gasteiger partial charge in [0.15, 0.2) is 5.96 Å². The number of aliphatic imine (C=N–C) groups is 1. The first-order chi connectivity index (χ1) is 12.5. The average molecular weight is 492 g/mol. The largest absolute Gasteiger partial charge is 0.466 e. The fraction of sp³-hybridized carbons (Fsp3) is 0.737. The summed E-state index contributed by atoms with van der Waals surface area (Å²) in [4.78, 5) is 16.5. The van der Waals surface area contributed by atoms with E-state index in [2.05, 4.69) is 27.7 Å². The molecule has 1 aliphatic carbocycles. The second-order valence-electron chi connectivity index (χ2n) is 6.76. The normalized spacial score (nSPS) is 19.9. The molecule has 8 heteroatoms. The third kappa shape index (κ3) is 7.31. The minimum Gasteiger partial charge on any atom is -0.466 e. The van der Waals surface area contributed by atoms with Crippen molar-refractivity contribution in [3.63, 3.8) is 0 Å². The monoisotopic (exact) mass is 492 g/mol. The van der Waals surface area contributed by atoms with Crippen molar-refractivity contribution < 1.29 is 14.1 Å². The summed E-state index contributed by atoms with van der Waals surface area (Å²) in [6.45, 7) is 9.76. The third-order valence-electron chi connectivity index (χ3n) is 4.85. The Morgan fingerprint density at radius 2 is 1.96 bits per heavy atom. The highest BCUT2D eigenvalue weighted by Crippen LogP contribution is 2.25. The Kier molecular flexibility index (Phi) is 10.7. The molecule has 0 aliphatic heterocycles. The molecule has 0 bridgehead atoms. The predicted octanol–water partition coefficient (Wildman–Crippen LogP) is 3.13. The molecular weight excluding hydrogens is 459 g/mol. The highest BCUT2D eigenvalue weighted by molar-refractivity contribution is 14.0. The lowest BCUT2D eigenvalue weighted by Crippen LogP contribution is -2.45. The number of halogens is 1. The third-order valence-corrected chi connectivity index (χ3v) is 4.85. The molecule has 0 radical (unpaired) electrons. The van der Waals surface area contributed by atoms with Crippen LogP contribution in [0.25, 0.3) is 0 Å². The first-order valence-corrected chi connectivity index (χ1v) is 9.68. The van der Waals surface area contributed by atoms with Gasteiger partial charge in [-0.25, -0.2) is 0 Å². The van der Waals surface area contributed by atoms with Crippen LogP contribution in [0.5, 0.6) is 0 Å². The van der Waals surface area contributed by atoms with Gasteiger partial charge in [0.2, 0.25) is 0 Å². The van der Waals surface area contributed by atoms with Gasteiger partial charge in [0.05, 0.1) is 18.2 Å². The van der Waals surface area contributed by atoms with E-state index in [0.717, 1.165) is 61.6 Å². The van der Waals surface area contributed by atoms with Gasteiger partial charge in [0, 0.05) is 24.7 Å². The quantitative estimate of drug-likeness (QED) is 0.263. The zero-order valence-corrected chi connectivity index (χ0v) is 19.2. The number of nitrogens with zero attached hydrogens (tertiary/aromatic N) is 2. The first-order valence-electron chi connectivity index (χ1n) is 9.68. The number of guanidine groups is 1. The lowest BCUT2D eigenvalue weighted by Gasteiger charge is -2.29. The van der Waals surface area contributed by atoms with Crippen LogP contribution in [0, 0.1) is 19.8 Å². The van der Waals surface area contributed by atoms with Crippen LogP contribution in [0.3, 0.4) is 0 Å². The summed E-state index contributed by atoms with van der Waals surface area (Å²) in [7, 11) is 0. The Hall–Kier alpha value is -1.32. The van der Waals surface area contributed by atoms with Crippen LogP contribution in [-0.4, -0.2) is 42.8 Å². The van der Waals surface area contributed by atoms with Gasteiger partial charge in [-0.1, -0.05) is 5.16 Å². The number of hydrogen-bond donors (Lipinski definition) is 2. The van der Waals surface area contributed by atoms with Gasteiger partial charge < -0.3 is 19.9 Å². The molecule has 1 heterocycles. The number of nitrogens with one attached hydrogen (secondary N) is 2. The molecule has 0 aromatic carbocycles. The summed E-state index contributed by atoms with van der Waals surface area (Å²) in [5.41, 5.74) is 2.08. The molecule has 1 aromatic heterocycles. The van der Waals surface area contributed by atoms with Crippen LogP contribution in [0.1, 0.15) is 56.5 Å². The van der Waals surface area contributed by atoms with Crippen LogP contribution in [0.4, 0.5) is 0 Å². The predicted molar refractivity (Wildman–Crippen MR) is 117 cm³/mol. The highest BCUT2D eigenvalue weighted by atomic mass is 127. The first kappa shape index (κ1) is 23.7. The molecule has 1 saturated carbocycles. The van der Waals surface area contributed by atoms with Crippen molar-refractivity contribution in [2.24, 2.45) is 10.9 Å². The maximum absolute atomic E-state index is 11.8. The molecule has 0 saturated heterocycles. The second kappa shape index (κ2) is 12.2. The fourth-order valence-corrected chi connectivity index (χ4v) is 3.39. The van der Waals surface area contributed by atoms with Crippen molar-refractivity contribution in [2.75, 3.05) is 19.7 Å². The SMILES string of the molecule is CCNC(=NCCc1c(C)noc1C)NC1CCC(C(=O)OCC)CC1.I. The van der Waals surface area contributed by atoms with Crippen LogP contribution < -0.4 is 10.6 Å². The zero-order chi connectivity index (χ0) is 18.9. The Balaban J connectivity index is 0.00000364. The van der Waals surface area contributed by atoms with E-state index in [1.807, 2.05) is 20.8 Å². The minimum atomic E-state index is -0.0500. The van der Waals surface area contributed by atoms with Crippen LogP contribution in [-0.2, 0) is 16.0 Å². The Labute approximate surface area is 179 Å². The van der Waals surface area contributed by atoms with E-state index >= 15 is 0 Å². The standard InChI is InChI=1S/C19H32N4O3.HI/c1-5-20-19(21-12-11-17-13(3)23-26-14(17)4)22-16-9-7-15(8-10-16)18(24)25-6-2;/h15-16H,5-12H2,1-4H3,(H2,20,21,22);1H. The number of ether oxygens (including phenoxy) is 1. The van der Waals surface area contributed by atoms with Crippen LogP contribution in [0.15, 0.2) is 9.52 Å². The zero-order valence-electron chi connectivity index (χ0n) is 16.8. The van der Waals surface area contributed by atoms with E-state index in [1.54, 1.807) is 0 Å². The van der Waals surface area contributed by atoms with Crippen molar-refractivity contribution in [1.82, 2.24) is 15.8 Å². The van der Waals surface area contributed by atoms with E-state index in [1.165, 1.54) is 0 Å². The Bertz CT molecular complexity index is 591. The molecule has 0 spiro atoms. The highest BCUT2D eigenvalue weighted by Gasteiger charge is 2.27. The molecule has 27 heavy (non-hydrogen) atoms. The summed E-state index contributed by atoms with van der Waals surface area (Å²) in [5, 5.41) is 10.8. The van der Waals surface area contributed by atoms with Crippen LogP contribution >= 0.6 is 24.0 Å². The number of aryl methyl sites for hydroxylation is 2. The van der Waals surface area contributed by atoms with Gasteiger partial charge >= 0.3 is 5.97 Å². The van der Waals surface area contributed by atoms with Crippen molar-refractivity contribution in [3.05, 3.63) is 17.0 Å². The molecule has 154 valence electrons. The number of aromatic nitrogens is 1. The molecule has 7 nitrogen and oxygen atoms in total. The summed E-state index contributed by atoms with van der Waals surface area (Å²) in [6, 6.07) is 0.345. The molecule has 0 unspecified atom stereocenters. The number of carbonyl (C=O) groups is 1. The molecule has 0 amide bonds. The van der Waals surface area contributed by atoms with E-state index in [9.17, 15) is 4.79 Å². The van der Waals surface area contributed by atoms with Crippen LogP contribution in [0.2, 0.25) is 0 Å². The summed E-state index contributed by atoms with van der Waals surface area (Å²) < 4.78 is 10.3. The summed E-state index contributed by atoms with van der Waals surface area (Å²) >= 11 is 0. The maximum atomic E-state index is 11.8. The smallest absolute Gasteiger partial charge is 0.308 e. The van der Waals surface area contributed by atoms with Gasteiger partial charge in [0.25, 0.3) is 0 Å². The van der Waals surface area contributed by atoms with E-state index in [4.69, 9.17) is 9.26 Å². The van der Waals surface area contributed by atoms with Gasteiger partial charge in [-0.2, -0.15) is 0 Å². The minimum absolute atomic E-state index is 0. The summed E-state index contributed by atoms with van der Waals surface area (Å²) in [6.07, 6.45) is 4.47. The number of esters is 1. The lowest BCUT2D eigenvalue weighted by molar-refractivity contribution is -0.149. The Morgan fingerprint density at radius 1 is 1.26 bits per heavy atom. The van der Waals surface area contributed by atoms with Gasteiger partial charge in [-0.3, -0.25) is 9.79 Å². The molecule has 1 aromatic rings. The maximum Gasteiger partial charge on any atom is 0.308 e. The molecular formula is C19H33IN4O3. The number of carbonyl (C=O) groups excluding carboxylic acids is 1. The van der Waals surface area contributed by atoms with Gasteiger partial charge in [-0.15, -0.1) is 24.0 Å². The van der Waals surface area contributed by atoms with E-state index < -0.39 is 0 Å². The molecule has 2 N–H and O–H groups in total. The Morgan fingerprint density at radius 3 is 2.52 bits per heavy atom. The molecule has 0 atom stereocenters. The van der Waals surface area contributed by atoms with Gasteiger partial charge in [0.1, 0.15) is 5.76 Å². The summed E-state index contributed by atoms with van der Waals surface area (Å²) in [5.74, 6) is 1.70. The van der Waals surface area contributed by atoms with Crippen molar-refractivity contribution >= 4 is 35.9 Å². The van der Waals surface area contributed by atoms with E-state index in [0.29, 0.717) is 19.2 Å². The van der Waals surface area contributed by atoms with Crippen molar-refractivity contribution in [3.8, 4) is 0 Å². The lowest BCUT2D eigenvalue weighted by atomic mass is 9.86. The molecule has 1 aliphatic rings. The van der Waals surface area contributed by atoms with Gasteiger partial charge in [-0.05, 0) is 59.8 Å². The second-order valence-corrected chi connectivity index (χ2v) is 6.76. The molecule has 1 fully saturated rings.